The van der Waals surface area contributed by atoms with E-state index in [9.17, 15) is 30.3 Å². The third-order valence-electron chi connectivity index (χ3n) is 13.5. The maximum atomic E-state index is 13.0. The lowest BCUT2D eigenvalue weighted by atomic mass is 9.99. The Balaban J connectivity index is 2.13. The lowest BCUT2D eigenvalue weighted by molar-refractivity contribution is -0.302. The van der Waals surface area contributed by atoms with Gasteiger partial charge < -0.3 is 40.3 Å². The van der Waals surface area contributed by atoms with Gasteiger partial charge in [-0.1, -0.05) is 257 Å². The fraction of sp³-hybridized carbons (Fsp3) is 0.682. The van der Waals surface area contributed by atoms with Gasteiger partial charge in [0.25, 0.3) is 0 Å². The molecule has 0 radical (unpaired) electrons. The molecule has 0 saturated carbocycles. The van der Waals surface area contributed by atoms with Crippen LogP contribution in [0.5, 0.6) is 0 Å². The Morgan fingerprint density at radius 1 is 0.467 bits per heavy atom. The summed E-state index contributed by atoms with van der Waals surface area (Å²) in [5, 5.41) is 54.4. The number of amides is 1. The normalized spacial score (nSPS) is 19.8. The minimum absolute atomic E-state index is 0.185. The zero-order chi connectivity index (χ0) is 54.3. The number of allylic oxidation sites excluding steroid dienone is 19. The van der Waals surface area contributed by atoms with Crippen molar-refractivity contribution in [3.05, 3.63) is 122 Å². The number of aliphatic hydroxyl groups excluding tert-OH is 5. The second kappa shape index (κ2) is 54.0. The molecule has 6 N–H and O–H groups in total. The van der Waals surface area contributed by atoms with E-state index in [0.717, 1.165) is 103 Å². The Bertz CT molecular complexity index is 1590. The smallest absolute Gasteiger partial charge is 0.220 e. The summed E-state index contributed by atoms with van der Waals surface area (Å²) < 4.78 is 11.2. The van der Waals surface area contributed by atoms with Gasteiger partial charge in [0.15, 0.2) is 6.29 Å². The van der Waals surface area contributed by atoms with Gasteiger partial charge in [-0.15, -0.1) is 0 Å². The van der Waals surface area contributed by atoms with Crippen LogP contribution < -0.4 is 5.32 Å². The summed E-state index contributed by atoms with van der Waals surface area (Å²) in [6.45, 7) is 3.65. The second-order valence-corrected chi connectivity index (χ2v) is 20.4. The average Bonchev–Trinajstić information content (AvgIpc) is 3.41. The lowest BCUT2D eigenvalue weighted by Crippen LogP contribution is -2.60. The first-order chi connectivity index (χ1) is 36.8. The first-order valence-corrected chi connectivity index (χ1v) is 30.3. The zero-order valence-corrected chi connectivity index (χ0v) is 47.5. The fourth-order valence-electron chi connectivity index (χ4n) is 8.80. The maximum Gasteiger partial charge on any atom is 0.220 e. The van der Waals surface area contributed by atoms with E-state index in [4.69, 9.17) is 9.47 Å². The highest BCUT2D eigenvalue weighted by molar-refractivity contribution is 5.76. The molecule has 1 heterocycles. The van der Waals surface area contributed by atoms with Gasteiger partial charge in [-0.3, -0.25) is 4.79 Å². The molecule has 0 aliphatic carbocycles. The number of hydrogen-bond acceptors (Lipinski definition) is 8. The van der Waals surface area contributed by atoms with Crippen LogP contribution in [0.3, 0.4) is 0 Å². The molecule has 0 aromatic carbocycles. The molecule has 9 nitrogen and oxygen atoms in total. The third-order valence-corrected chi connectivity index (χ3v) is 13.5. The number of hydrogen-bond donors (Lipinski definition) is 6. The van der Waals surface area contributed by atoms with Crippen LogP contribution in [0.1, 0.15) is 232 Å². The van der Waals surface area contributed by atoms with Crippen LogP contribution in [0.25, 0.3) is 0 Å². The summed E-state index contributed by atoms with van der Waals surface area (Å²) in [5.74, 6) is -0.185. The number of unbranched alkanes of at least 4 members (excludes halogenated alkanes) is 22. The molecule has 75 heavy (non-hydrogen) atoms. The number of rotatable bonds is 50. The molecule has 1 saturated heterocycles. The van der Waals surface area contributed by atoms with Crippen LogP contribution in [0.4, 0.5) is 0 Å². The van der Waals surface area contributed by atoms with Crippen LogP contribution in [0.2, 0.25) is 0 Å². The van der Waals surface area contributed by atoms with Crippen LogP contribution in [0.15, 0.2) is 122 Å². The summed E-state index contributed by atoms with van der Waals surface area (Å²) in [5.41, 5.74) is 0. The predicted octanol–water partition coefficient (Wildman–Crippen LogP) is 15.5. The van der Waals surface area contributed by atoms with Crippen LogP contribution in [-0.4, -0.2) is 87.5 Å². The van der Waals surface area contributed by atoms with Crippen molar-refractivity contribution in [1.29, 1.82) is 0 Å². The molecule has 1 rings (SSSR count). The third kappa shape index (κ3) is 43.3. The zero-order valence-electron chi connectivity index (χ0n) is 47.5. The Hall–Kier alpha value is -3.41. The highest BCUT2D eigenvalue weighted by Gasteiger charge is 2.44. The Kier molecular flexibility index (Phi) is 50.1. The minimum atomic E-state index is -1.57. The van der Waals surface area contributed by atoms with Crippen LogP contribution in [0, 0.1) is 0 Å². The van der Waals surface area contributed by atoms with Gasteiger partial charge in [0, 0.05) is 6.42 Å². The molecule has 0 spiro atoms. The van der Waals surface area contributed by atoms with Crippen molar-refractivity contribution in [3.63, 3.8) is 0 Å². The van der Waals surface area contributed by atoms with Gasteiger partial charge in [-0.2, -0.15) is 0 Å². The van der Waals surface area contributed by atoms with Gasteiger partial charge in [0.05, 0.1) is 25.4 Å². The predicted molar refractivity (Wildman–Crippen MR) is 317 cm³/mol. The molecule has 1 amide bonds. The largest absolute Gasteiger partial charge is 0.394 e. The van der Waals surface area contributed by atoms with Crippen molar-refractivity contribution < 1.29 is 39.8 Å². The highest BCUT2D eigenvalue weighted by atomic mass is 16.7. The summed E-state index contributed by atoms with van der Waals surface area (Å²) in [6, 6.07) is -0.813. The lowest BCUT2D eigenvalue weighted by Gasteiger charge is -2.40. The van der Waals surface area contributed by atoms with E-state index in [1.807, 2.05) is 6.08 Å². The van der Waals surface area contributed by atoms with E-state index in [0.29, 0.717) is 6.42 Å². The number of nitrogens with one attached hydrogen (secondary N) is 1. The van der Waals surface area contributed by atoms with Gasteiger partial charge in [0.1, 0.15) is 24.4 Å². The summed E-state index contributed by atoms with van der Waals surface area (Å²) in [7, 11) is 0. The first kappa shape index (κ1) is 69.6. The summed E-state index contributed by atoms with van der Waals surface area (Å²) in [6.07, 6.45) is 74.1. The summed E-state index contributed by atoms with van der Waals surface area (Å²) in [4.78, 5) is 13.0. The summed E-state index contributed by atoms with van der Waals surface area (Å²) >= 11 is 0. The van der Waals surface area contributed by atoms with Crippen molar-refractivity contribution >= 4 is 5.91 Å². The quantitative estimate of drug-likeness (QED) is 0.0261. The van der Waals surface area contributed by atoms with Gasteiger partial charge in [0.2, 0.25) is 5.91 Å². The average molecular weight is 1050 g/mol. The fourth-order valence-corrected chi connectivity index (χ4v) is 8.80. The Morgan fingerprint density at radius 2 is 0.827 bits per heavy atom. The topological polar surface area (TPSA) is 149 Å². The number of ether oxygens (including phenoxy) is 2. The van der Waals surface area contributed by atoms with E-state index < -0.39 is 49.5 Å². The molecule has 7 unspecified atom stereocenters. The van der Waals surface area contributed by atoms with Crippen molar-refractivity contribution in [2.45, 2.75) is 275 Å². The molecular formula is C66H111NO8. The molecule has 0 bridgehead atoms. The molecule has 7 atom stereocenters. The van der Waals surface area contributed by atoms with E-state index in [2.05, 4.69) is 129 Å². The monoisotopic (exact) mass is 1050 g/mol. The van der Waals surface area contributed by atoms with E-state index in [-0.39, 0.29) is 12.5 Å². The van der Waals surface area contributed by atoms with Crippen molar-refractivity contribution in [2.75, 3.05) is 13.2 Å². The van der Waals surface area contributed by atoms with Crippen LogP contribution >= 0.6 is 0 Å². The standard InChI is InChI=1S/C66H111NO8/c1-3-5-7-9-11-13-15-17-18-19-20-21-22-23-24-25-26-27-28-29-30-31-32-33-34-35-36-37-38-39-40-41-42-44-46-48-50-52-54-56-62(70)67-59(58-74-66-65(73)64(72)63(71)61(57-68)75-66)60(69)55-53-51-49-47-45-43-16-14-12-10-8-6-4-2/h5,7,11,13,17-18,20-21,23-24,26-27,29-30,32-33,35-36,53,55,59-61,63-66,68-69,71-73H,3-4,6,8-10,12,14-16,19,22,25,28,31,34,37-52,54,56-58H2,1-2H3,(H,67,70)/b7-5-,13-11-,18-17-,21-20-,24-23-,27-26-,30-29-,33-32-,36-35-,55-53+. The molecule has 9 heteroatoms. The van der Waals surface area contributed by atoms with Gasteiger partial charge >= 0.3 is 0 Å². The van der Waals surface area contributed by atoms with Crippen molar-refractivity contribution in [3.8, 4) is 0 Å². The molecule has 1 fully saturated rings. The SMILES string of the molecule is CC/C=C\C/C=C\C/C=C\C/C=C\C/C=C\C/C=C\C/C=C\C/C=C\C/C=C\CCCCCCCCCCCCCC(=O)NC(COC1OC(CO)C(O)C(O)C1O)C(O)/C=C/CCCCCCCCCCCCC. The molecule has 428 valence electrons. The number of aliphatic hydroxyl groups is 5. The molecule has 0 aromatic rings. The first-order valence-electron chi connectivity index (χ1n) is 30.3. The van der Waals surface area contributed by atoms with Crippen LogP contribution in [-0.2, 0) is 14.3 Å². The van der Waals surface area contributed by atoms with E-state index in [1.165, 1.54) is 109 Å². The maximum absolute atomic E-state index is 13.0. The van der Waals surface area contributed by atoms with Gasteiger partial charge in [-0.25, -0.2) is 0 Å². The van der Waals surface area contributed by atoms with Gasteiger partial charge in [-0.05, 0) is 89.9 Å². The van der Waals surface area contributed by atoms with E-state index in [1.54, 1.807) is 6.08 Å². The highest BCUT2D eigenvalue weighted by Crippen LogP contribution is 2.23. The molecular weight excluding hydrogens is 935 g/mol. The molecule has 1 aliphatic rings. The minimum Gasteiger partial charge on any atom is -0.394 e. The number of carbonyl (C=O) groups is 1. The van der Waals surface area contributed by atoms with Crippen molar-refractivity contribution in [1.82, 2.24) is 5.32 Å². The number of carbonyl (C=O) groups excluding carboxylic acids is 1. The van der Waals surface area contributed by atoms with E-state index >= 15 is 0 Å². The molecule has 1 aliphatic heterocycles. The molecule has 0 aromatic heterocycles. The van der Waals surface area contributed by atoms with Crippen molar-refractivity contribution in [2.24, 2.45) is 0 Å². The Morgan fingerprint density at radius 3 is 1.23 bits per heavy atom. The Labute approximate surface area is 458 Å². The second-order valence-electron chi connectivity index (χ2n) is 20.4.